The predicted octanol–water partition coefficient (Wildman–Crippen LogP) is 6.23. The van der Waals surface area contributed by atoms with E-state index in [1.807, 2.05) is 29.7 Å². The number of halogens is 1. The van der Waals surface area contributed by atoms with Crippen molar-refractivity contribution in [3.63, 3.8) is 0 Å². The molecule has 3 aromatic rings. The van der Waals surface area contributed by atoms with Gasteiger partial charge in [-0.15, -0.1) is 28.1 Å². The summed E-state index contributed by atoms with van der Waals surface area (Å²) in [7, 11) is 0. The number of carbonyl (C=O) groups excluding carboxylic acids is 1. The molecule has 1 aliphatic carbocycles. The molecule has 7 nitrogen and oxygen atoms in total. The number of ether oxygens (including phenoxy) is 1. The Morgan fingerprint density at radius 3 is 3.05 bits per heavy atom. The van der Waals surface area contributed by atoms with Crippen LogP contribution in [0.1, 0.15) is 47.2 Å². The Morgan fingerprint density at radius 1 is 1.46 bits per heavy atom. The van der Waals surface area contributed by atoms with Gasteiger partial charge in [0.05, 0.1) is 17.9 Å². The first-order valence-corrected chi connectivity index (χ1v) is 14.5. The third kappa shape index (κ3) is 6.75. The summed E-state index contributed by atoms with van der Waals surface area (Å²) >= 11 is 8.88. The van der Waals surface area contributed by atoms with Crippen molar-refractivity contribution in [2.45, 2.75) is 57.7 Å². The van der Waals surface area contributed by atoms with E-state index in [9.17, 15) is 10.1 Å². The van der Waals surface area contributed by atoms with Crippen LogP contribution < -0.4 is 10.1 Å². The molecule has 0 bridgehead atoms. The predicted molar refractivity (Wildman–Crippen MR) is 150 cm³/mol. The molecule has 0 spiro atoms. The molecule has 1 amide bonds. The van der Waals surface area contributed by atoms with E-state index in [1.165, 1.54) is 28.0 Å². The number of rotatable bonds is 11. The summed E-state index contributed by atoms with van der Waals surface area (Å²) in [6, 6.07) is 7.88. The number of hydrogen-bond acceptors (Lipinski definition) is 7. The first-order chi connectivity index (χ1) is 17.9. The molecule has 10 heteroatoms. The molecule has 1 unspecified atom stereocenters. The summed E-state index contributed by atoms with van der Waals surface area (Å²) in [6.07, 6.45) is 6.19. The monoisotopic (exact) mass is 555 g/mol. The SMILES string of the molecule is C=CCn1c(CCCOc2ccc(Cl)cc2C)nnc1SCC(=O)Nc1sc2c(c1C#N)CCC(C)C2. The van der Waals surface area contributed by atoms with Crippen LogP contribution in [0.2, 0.25) is 5.02 Å². The third-order valence-electron chi connectivity index (χ3n) is 6.25. The van der Waals surface area contributed by atoms with E-state index in [1.54, 1.807) is 6.08 Å². The number of hydrogen-bond donors (Lipinski definition) is 1. The minimum Gasteiger partial charge on any atom is -0.493 e. The van der Waals surface area contributed by atoms with Gasteiger partial charge in [0, 0.05) is 22.9 Å². The van der Waals surface area contributed by atoms with Crippen LogP contribution in [0.25, 0.3) is 0 Å². The van der Waals surface area contributed by atoms with E-state index in [4.69, 9.17) is 16.3 Å². The molecular weight excluding hydrogens is 526 g/mol. The van der Waals surface area contributed by atoms with E-state index in [0.29, 0.717) is 46.2 Å². The molecule has 1 N–H and O–H groups in total. The van der Waals surface area contributed by atoms with Gasteiger partial charge in [0.15, 0.2) is 5.16 Å². The van der Waals surface area contributed by atoms with Crippen molar-refractivity contribution in [3.8, 4) is 11.8 Å². The molecule has 2 heterocycles. The Hall–Kier alpha value is -2.80. The van der Waals surface area contributed by atoms with Crippen LogP contribution >= 0.6 is 34.7 Å². The molecule has 1 atom stereocenters. The molecule has 2 aromatic heterocycles. The van der Waals surface area contributed by atoms with Gasteiger partial charge in [0.1, 0.15) is 22.6 Å². The Balaban J connectivity index is 1.32. The second kappa shape index (κ2) is 12.6. The number of thioether (sulfide) groups is 1. The highest BCUT2D eigenvalue weighted by Crippen LogP contribution is 2.39. The molecule has 194 valence electrons. The van der Waals surface area contributed by atoms with Gasteiger partial charge in [-0.3, -0.25) is 4.79 Å². The fourth-order valence-electron chi connectivity index (χ4n) is 4.36. The largest absolute Gasteiger partial charge is 0.493 e. The number of amides is 1. The first kappa shape index (κ1) is 27.2. The van der Waals surface area contributed by atoms with E-state index in [0.717, 1.165) is 48.4 Å². The van der Waals surface area contributed by atoms with Crippen molar-refractivity contribution in [2.24, 2.45) is 5.92 Å². The van der Waals surface area contributed by atoms with Gasteiger partial charge in [-0.1, -0.05) is 36.4 Å². The summed E-state index contributed by atoms with van der Waals surface area (Å²) in [5, 5.41) is 23.3. The smallest absolute Gasteiger partial charge is 0.235 e. The Kier molecular flexibility index (Phi) is 9.30. The third-order valence-corrected chi connectivity index (χ3v) is 8.62. The van der Waals surface area contributed by atoms with Gasteiger partial charge >= 0.3 is 0 Å². The molecule has 0 radical (unpaired) electrons. The maximum atomic E-state index is 12.8. The number of thiophene rings is 1. The van der Waals surface area contributed by atoms with Crippen LogP contribution in [0.5, 0.6) is 5.75 Å². The number of aromatic nitrogens is 3. The number of nitrogens with zero attached hydrogens (tertiary/aromatic N) is 4. The van der Waals surface area contributed by atoms with E-state index in [2.05, 4.69) is 35.1 Å². The Morgan fingerprint density at radius 2 is 2.30 bits per heavy atom. The quantitative estimate of drug-likeness (QED) is 0.171. The lowest BCUT2D eigenvalue weighted by Gasteiger charge is -2.17. The zero-order chi connectivity index (χ0) is 26.4. The van der Waals surface area contributed by atoms with Crippen molar-refractivity contribution in [2.75, 3.05) is 17.7 Å². The van der Waals surface area contributed by atoms with Crippen LogP contribution in [0.15, 0.2) is 36.0 Å². The molecule has 0 saturated heterocycles. The van der Waals surface area contributed by atoms with Crippen LogP contribution in [0.3, 0.4) is 0 Å². The van der Waals surface area contributed by atoms with Crippen molar-refractivity contribution in [1.82, 2.24) is 14.8 Å². The molecule has 1 aliphatic rings. The van der Waals surface area contributed by atoms with Gasteiger partial charge in [0.2, 0.25) is 5.91 Å². The summed E-state index contributed by atoms with van der Waals surface area (Å²) in [5.41, 5.74) is 2.73. The molecule has 0 fully saturated rings. The van der Waals surface area contributed by atoms with Crippen LogP contribution in [-0.4, -0.2) is 33.0 Å². The Bertz CT molecular complexity index is 1330. The molecule has 37 heavy (non-hydrogen) atoms. The second-order valence-corrected chi connectivity index (χ2v) is 11.6. The number of benzene rings is 1. The fourth-order valence-corrected chi connectivity index (χ4v) is 6.73. The second-order valence-electron chi connectivity index (χ2n) is 9.16. The highest BCUT2D eigenvalue weighted by molar-refractivity contribution is 7.99. The minimum atomic E-state index is -0.158. The lowest BCUT2D eigenvalue weighted by Crippen LogP contribution is -2.15. The summed E-state index contributed by atoms with van der Waals surface area (Å²) in [6.45, 7) is 9.14. The van der Waals surface area contributed by atoms with Gasteiger partial charge in [-0.25, -0.2) is 0 Å². The fraction of sp³-hybridized carbons (Fsp3) is 0.407. The minimum absolute atomic E-state index is 0.158. The van der Waals surface area contributed by atoms with Gasteiger partial charge in [-0.2, -0.15) is 5.26 Å². The maximum Gasteiger partial charge on any atom is 0.235 e. The molecule has 0 saturated carbocycles. The number of carbonyl (C=O) groups is 1. The summed E-state index contributed by atoms with van der Waals surface area (Å²) in [5.74, 6) is 2.27. The van der Waals surface area contributed by atoms with E-state index >= 15 is 0 Å². The van der Waals surface area contributed by atoms with Crippen molar-refractivity contribution < 1.29 is 9.53 Å². The number of nitriles is 1. The number of nitrogens with one attached hydrogen (secondary N) is 1. The molecule has 1 aromatic carbocycles. The number of allylic oxidation sites excluding steroid dienone is 1. The number of aryl methyl sites for hydroxylation is 2. The topological polar surface area (TPSA) is 92.8 Å². The molecular formula is C27H30ClN5O2S2. The van der Waals surface area contributed by atoms with Crippen molar-refractivity contribution in [1.29, 1.82) is 5.26 Å². The Labute approximate surface area is 230 Å². The zero-order valence-electron chi connectivity index (χ0n) is 21.1. The van der Waals surface area contributed by atoms with Gasteiger partial charge in [0.25, 0.3) is 0 Å². The molecule has 4 rings (SSSR count). The normalized spacial score (nSPS) is 14.6. The standard InChI is InChI=1S/C27H30ClN5O2S2/c1-4-11-33-24(6-5-12-35-22-10-8-19(28)14-18(22)3)31-32-27(33)36-16-25(34)30-26-21(15-29)20-9-7-17(2)13-23(20)37-26/h4,8,10,14,17H,1,5-7,9,11-13,16H2,2-3H3,(H,30,34). The highest BCUT2D eigenvalue weighted by Gasteiger charge is 2.25. The van der Waals surface area contributed by atoms with Crippen LogP contribution in [-0.2, 0) is 30.6 Å². The summed E-state index contributed by atoms with van der Waals surface area (Å²) in [4.78, 5) is 14.0. The number of fused-ring (bicyclic) bond motifs is 1. The van der Waals surface area contributed by atoms with E-state index in [-0.39, 0.29) is 11.7 Å². The summed E-state index contributed by atoms with van der Waals surface area (Å²) < 4.78 is 7.87. The first-order valence-electron chi connectivity index (χ1n) is 12.3. The average molecular weight is 556 g/mol. The van der Waals surface area contributed by atoms with Crippen LogP contribution in [0, 0.1) is 24.2 Å². The van der Waals surface area contributed by atoms with Gasteiger partial charge < -0.3 is 14.6 Å². The van der Waals surface area contributed by atoms with Crippen molar-refractivity contribution in [3.05, 3.63) is 63.3 Å². The lowest BCUT2D eigenvalue weighted by molar-refractivity contribution is -0.113. The molecule has 0 aliphatic heterocycles. The van der Waals surface area contributed by atoms with E-state index < -0.39 is 0 Å². The number of anilines is 1. The zero-order valence-corrected chi connectivity index (χ0v) is 23.4. The highest BCUT2D eigenvalue weighted by atomic mass is 35.5. The average Bonchev–Trinajstić information content (AvgIpc) is 3.41. The van der Waals surface area contributed by atoms with Crippen molar-refractivity contribution >= 4 is 45.6 Å². The van der Waals surface area contributed by atoms with Crippen LogP contribution in [0.4, 0.5) is 5.00 Å². The van der Waals surface area contributed by atoms with Gasteiger partial charge in [-0.05, 0) is 67.9 Å². The lowest BCUT2D eigenvalue weighted by atomic mass is 9.89. The maximum absolute atomic E-state index is 12.8.